The van der Waals surface area contributed by atoms with Crippen LogP contribution in [0, 0.1) is 0 Å². The van der Waals surface area contributed by atoms with Crippen LogP contribution in [0.2, 0.25) is 10.0 Å². The molecule has 4 aromatic rings. The van der Waals surface area contributed by atoms with Gasteiger partial charge >= 0.3 is 0 Å². The second-order valence-corrected chi connectivity index (χ2v) is 7.61. The molecule has 5 heteroatoms. The van der Waals surface area contributed by atoms with Crippen molar-refractivity contribution in [2.75, 3.05) is 0 Å². The first-order valence-electron chi connectivity index (χ1n) is 9.36. The van der Waals surface area contributed by atoms with Crippen LogP contribution in [-0.4, -0.2) is 16.6 Å². The predicted molar refractivity (Wildman–Crippen MR) is 121 cm³/mol. The van der Waals surface area contributed by atoms with E-state index in [2.05, 4.69) is 0 Å². The van der Waals surface area contributed by atoms with Gasteiger partial charge in [0.05, 0.1) is 10.0 Å². The van der Waals surface area contributed by atoms with E-state index in [0.717, 1.165) is 27.8 Å². The van der Waals surface area contributed by atoms with E-state index in [1.54, 1.807) is 10.6 Å². The number of ketones is 1. The van der Waals surface area contributed by atoms with Crippen LogP contribution in [0.4, 0.5) is 0 Å². The van der Waals surface area contributed by atoms with E-state index in [1.165, 1.54) is 0 Å². The quantitative estimate of drug-likeness (QED) is 0.196. The molecule has 0 unspecified atom stereocenters. The van der Waals surface area contributed by atoms with Crippen molar-refractivity contribution in [1.29, 1.82) is 0 Å². The highest BCUT2D eigenvalue weighted by atomic mass is 35.5. The predicted octanol–water partition coefficient (Wildman–Crippen LogP) is 6.56. The molecule has 0 saturated carbocycles. The molecule has 0 aliphatic rings. The Balaban J connectivity index is 1.98. The van der Waals surface area contributed by atoms with Crippen molar-refractivity contribution in [3.05, 3.63) is 106 Å². The lowest BCUT2D eigenvalue weighted by Crippen LogP contribution is -2.12. The Hall–Kier alpha value is -3.14. The van der Waals surface area contributed by atoms with Crippen molar-refractivity contribution in [3.63, 3.8) is 0 Å². The highest BCUT2D eigenvalue weighted by molar-refractivity contribution is 6.42. The zero-order valence-electron chi connectivity index (χ0n) is 15.9. The molecule has 0 fully saturated rings. The van der Waals surface area contributed by atoms with Crippen LogP contribution in [0.5, 0.6) is 0 Å². The zero-order valence-corrected chi connectivity index (χ0v) is 17.4. The molecule has 148 valence electrons. The van der Waals surface area contributed by atoms with Crippen molar-refractivity contribution in [2.45, 2.75) is 6.54 Å². The van der Waals surface area contributed by atoms with Gasteiger partial charge in [-0.3, -0.25) is 9.59 Å². The minimum absolute atomic E-state index is 0.307. The van der Waals surface area contributed by atoms with Crippen molar-refractivity contribution in [2.24, 2.45) is 0 Å². The summed E-state index contributed by atoms with van der Waals surface area (Å²) in [5.74, 6) is -0.589. The number of aromatic nitrogens is 1. The minimum Gasteiger partial charge on any atom is -0.339 e. The third kappa shape index (κ3) is 3.82. The van der Waals surface area contributed by atoms with Crippen LogP contribution >= 0.6 is 23.2 Å². The SMILES string of the molecule is O=CC(=O)c1c(-c2ccccc2)c(-c2ccccc2)cn1Cc1cccc(Cl)c1Cl. The fraction of sp³-hybridized carbons (Fsp3) is 0.0400. The Labute approximate surface area is 184 Å². The number of rotatable bonds is 6. The summed E-state index contributed by atoms with van der Waals surface area (Å²) in [6, 6.07) is 24.7. The van der Waals surface area contributed by atoms with Gasteiger partial charge in [0.25, 0.3) is 0 Å². The van der Waals surface area contributed by atoms with E-state index >= 15 is 0 Å². The Morgan fingerprint density at radius 1 is 0.833 bits per heavy atom. The van der Waals surface area contributed by atoms with Crippen LogP contribution < -0.4 is 0 Å². The monoisotopic (exact) mass is 433 g/mol. The molecular weight excluding hydrogens is 417 g/mol. The number of hydrogen-bond donors (Lipinski definition) is 0. The molecule has 0 amide bonds. The zero-order chi connectivity index (χ0) is 21.1. The number of hydrogen-bond acceptors (Lipinski definition) is 2. The van der Waals surface area contributed by atoms with E-state index in [4.69, 9.17) is 23.2 Å². The van der Waals surface area contributed by atoms with E-state index in [9.17, 15) is 9.59 Å². The maximum Gasteiger partial charge on any atom is 0.242 e. The number of carbonyl (C=O) groups is 2. The first kappa shape index (κ1) is 20.1. The van der Waals surface area contributed by atoms with Gasteiger partial charge in [-0.1, -0.05) is 96.0 Å². The Kier molecular flexibility index (Phi) is 5.84. The Morgan fingerprint density at radius 3 is 2.10 bits per heavy atom. The minimum atomic E-state index is -0.589. The molecule has 1 heterocycles. The number of carbonyl (C=O) groups excluding carboxylic acids is 2. The largest absolute Gasteiger partial charge is 0.339 e. The van der Waals surface area contributed by atoms with Crippen LogP contribution in [0.15, 0.2) is 85.1 Å². The fourth-order valence-corrected chi connectivity index (χ4v) is 3.97. The van der Waals surface area contributed by atoms with Crippen LogP contribution in [0.3, 0.4) is 0 Å². The van der Waals surface area contributed by atoms with E-state index in [-0.39, 0.29) is 0 Å². The molecular formula is C25H17Cl2NO2. The highest BCUT2D eigenvalue weighted by Gasteiger charge is 2.24. The normalized spacial score (nSPS) is 10.7. The summed E-state index contributed by atoms with van der Waals surface area (Å²) in [5, 5.41) is 0.871. The van der Waals surface area contributed by atoms with Crippen molar-refractivity contribution in [3.8, 4) is 22.3 Å². The summed E-state index contributed by atoms with van der Waals surface area (Å²) in [6.45, 7) is 0.307. The lowest BCUT2D eigenvalue weighted by molar-refractivity contribution is -0.104. The summed E-state index contributed by atoms with van der Waals surface area (Å²) < 4.78 is 1.78. The molecule has 3 aromatic carbocycles. The molecule has 0 saturated heterocycles. The van der Waals surface area contributed by atoms with E-state index in [1.807, 2.05) is 79.0 Å². The standard InChI is InChI=1S/C25H17Cl2NO2/c26-21-13-7-12-19(24(21)27)14-28-15-20(17-8-3-1-4-9-17)23(25(28)22(30)16-29)18-10-5-2-6-11-18/h1-13,15-16H,14H2. The van der Waals surface area contributed by atoms with Gasteiger partial charge in [0.15, 0.2) is 6.29 Å². The topological polar surface area (TPSA) is 39.1 Å². The van der Waals surface area contributed by atoms with E-state index in [0.29, 0.717) is 28.6 Å². The average Bonchev–Trinajstić information content (AvgIpc) is 3.16. The summed E-state index contributed by atoms with van der Waals surface area (Å²) in [4.78, 5) is 24.3. The fourth-order valence-electron chi connectivity index (χ4n) is 3.59. The third-order valence-corrected chi connectivity index (χ3v) is 5.80. The lowest BCUT2D eigenvalue weighted by atomic mass is 9.96. The molecule has 0 bridgehead atoms. The number of benzene rings is 3. The summed E-state index contributed by atoms with van der Waals surface area (Å²) in [5.41, 5.74) is 4.48. The molecule has 30 heavy (non-hydrogen) atoms. The lowest BCUT2D eigenvalue weighted by Gasteiger charge is -2.11. The van der Waals surface area contributed by atoms with Crippen LogP contribution in [-0.2, 0) is 11.3 Å². The molecule has 1 aromatic heterocycles. The number of aldehydes is 1. The van der Waals surface area contributed by atoms with Crippen molar-refractivity contribution < 1.29 is 9.59 Å². The van der Waals surface area contributed by atoms with Crippen LogP contribution in [0.1, 0.15) is 16.1 Å². The first-order valence-corrected chi connectivity index (χ1v) is 10.1. The summed E-state index contributed by atoms with van der Waals surface area (Å²) >= 11 is 12.6. The number of nitrogens with zero attached hydrogens (tertiary/aromatic N) is 1. The van der Waals surface area contributed by atoms with Gasteiger partial charge in [-0.2, -0.15) is 0 Å². The molecule has 3 nitrogen and oxygen atoms in total. The maximum absolute atomic E-state index is 12.8. The number of Topliss-reactive ketones (excluding diaryl/α,β-unsaturated/α-hetero) is 1. The summed E-state index contributed by atoms with van der Waals surface area (Å²) in [6.07, 6.45) is 2.25. The van der Waals surface area contributed by atoms with E-state index < -0.39 is 5.78 Å². The molecule has 4 rings (SSSR count). The van der Waals surface area contributed by atoms with Crippen molar-refractivity contribution >= 4 is 35.3 Å². The first-order chi connectivity index (χ1) is 14.6. The van der Waals surface area contributed by atoms with Gasteiger partial charge < -0.3 is 4.57 Å². The third-order valence-electron chi connectivity index (χ3n) is 4.94. The van der Waals surface area contributed by atoms with Crippen LogP contribution in [0.25, 0.3) is 22.3 Å². The molecule has 0 aliphatic heterocycles. The molecule has 0 spiro atoms. The van der Waals surface area contributed by atoms with Gasteiger partial charge in [0.2, 0.25) is 5.78 Å². The molecule has 0 atom stereocenters. The van der Waals surface area contributed by atoms with Gasteiger partial charge in [0, 0.05) is 23.9 Å². The average molecular weight is 434 g/mol. The second kappa shape index (κ2) is 8.70. The number of halogens is 2. The van der Waals surface area contributed by atoms with Crippen molar-refractivity contribution in [1.82, 2.24) is 4.57 Å². The second-order valence-electron chi connectivity index (χ2n) is 6.82. The van der Waals surface area contributed by atoms with Gasteiger partial charge in [-0.25, -0.2) is 0 Å². The molecule has 0 aliphatic carbocycles. The maximum atomic E-state index is 12.8. The Morgan fingerprint density at radius 2 is 1.47 bits per heavy atom. The highest BCUT2D eigenvalue weighted by Crippen LogP contribution is 2.38. The van der Waals surface area contributed by atoms with Gasteiger partial charge in [-0.05, 0) is 22.8 Å². The smallest absolute Gasteiger partial charge is 0.242 e. The van der Waals surface area contributed by atoms with Gasteiger partial charge in [-0.15, -0.1) is 0 Å². The Bertz CT molecular complexity index is 1210. The molecule has 0 N–H and O–H groups in total. The summed E-state index contributed by atoms with van der Waals surface area (Å²) in [7, 11) is 0. The molecule has 0 radical (unpaired) electrons. The van der Waals surface area contributed by atoms with Gasteiger partial charge in [0.1, 0.15) is 5.69 Å².